The minimum absolute atomic E-state index is 0.203. The van der Waals surface area contributed by atoms with E-state index in [1.165, 1.54) is 0 Å². The molecule has 1 aromatic carbocycles. The summed E-state index contributed by atoms with van der Waals surface area (Å²) in [5, 5.41) is 9.89. The lowest BCUT2D eigenvalue weighted by Crippen LogP contribution is -2.24. The third kappa shape index (κ3) is 3.52. The molecule has 0 saturated carbocycles. The van der Waals surface area contributed by atoms with E-state index in [9.17, 15) is 5.26 Å². The van der Waals surface area contributed by atoms with Gasteiger partial charge in [-0.25, -0.2) is 0 Å². The van der Waals surface area contributed by atoms with Gasteiger partial charge in [0.1, 0.15) is 6.04 Å². The van der Waals surface area contributed by atoms with Crippen molar-refractivity contribution in [2.24, 2.45) is 0 Å². The molecule has 3 heteroatoms. The van der Waals surface area contributed by atoms with Gasteiger partial charge < -0.3 is 0 Å². The van der Waals surface area contributed by atoms with Crippen molar-refractivity contribution in [2.45, 2.75) is 25.8 Å². The van der Waals surface area contributed by atoms with E-state index in [1.807, 2.05) is 31.3 Å². The van der Waals surface area contributed by atoms with E-state index in [0.717, 1.165) is 24.9 Å². The van der Waals surface area contributed by atoms with Crippen molar-refractivity contribution < 1.29 is 0 Å². The fourth-order valence-corrected chi connectivity index (χ4v) is 1.84. The number of benzene rings is 1. The van der Waals surface area contributed by atoms with Gasteiger partial charge in [-0.2, -0.15) is 5.26 Å². The van der Waals surface area contributed by atoms with Gasteiger partial charge in [0.05, 0.1) is 6.07 Å². The Morgan fingerprint density at radius 3 is 2.81 bits per heavy atom. The van der Waals surface area contributed by atoms with Crippen LogP contribution in [0.15, 0.2) is 24.3 Å². The normalized spacial score (nSPS) is 12.4. The molecule has 86 valence electrons. The third-order valence-corrected chi connectivity index (χ3v) is 2.83. The highest BCUT2D eigenvalue weighted by Crippen LogP contribution is 2.21. The molecule has 0 saturated heterocycles. The fraction of sp³-hybridized carbons (Fsp3) is 0.462. The van der Waals surface area contributed by atoms with E-state index in [-0.39, 0.29) is 6.04 Å². The first-order chi connectivity index (χ1) is 7.69. The van der Waals surface area contributed by atoms with Crippen LogP contribution in [0.2, 0.25) is 5.02 Å². The molecule has 1 aromatic rings. The number of halogens is 1. The van der Waals surface area contributed by atoms with Crippen molar-refractivity contribution in [1.82, 2.24) is 4.90 Å². The molecule has 0 aliphatic rings. The molecule has 0 fully saturated rings. The minimum atomic E-state index is -0.203. The van der Waals surface area contributed by atoms with Crippen LogP contribution in [0.25, 0.3) is 0 Å². The van der Waals surface area contributed by atoms with Gasteiger partial charge in [0.2, 0.25) is 0 Å². The summed E-state index contributed by atoms with van der Waals surface area (Å²) in [7, 11) is 1.98. The van der Waals surface area contributed by atoms with Crippen molar-refractivity contribution in [1.29, 1.82) is 5.26 Å². The van der Waals surface area contributed by atoms with E-state index in [1.54, 1.807) is 0 Å². The van der Waals surface area contributed by atoms with Crippen molar-refractivity contribution in [3.8, 4) is 6.07 Å². The van der Waals surface area contributed by atoms with E-state index in [0.29, 0.717) is 5.02 Å². The molecular weight excluding hydrogens is 220 g/mol. The molecule has 0 bridgehead atoms. The maximum absolute atomic E-state index is 9.21. The molecule has 2 nitrogen and oxygen atoms in total. The molecule has 1 unspecified atom stereocenters. The molecule has 0 aliphatic carbocycles. The zero-order chi connectivity index (χ0) is 12.0. The Kier molecular flexibility index (Phi) is 5.31. The fourth-order valence-electron chi connectivity index (χ4n) is 1.64. The maximum Gasteiger partial charge on any atom is 0.123 e. The van der Waals surface area contributed by atoms with Crippen LogP contribution in [-0.4, -0.2) is 18.5 Å². The number of hydrogen-bond acceptors (Lipinski definition) is 2. The average molecular weight is 237 g/mol. The molecular formula is C13H17ClN2. The topological polar surface area (TPSA) is 27.0 Å². The quantitative estimate of drug-likeness (QED) is 0.781. The van der Waals surface area contributed by atoms with Crippen LogP contribution in [0.3, 0.4) is 0 Å². The number of unbranched alkanes of at least 4 members (excludes halogenated alkanes) is 1. The van der Waals surface area contributed by atoms with Crippen molar-refractivity contribution in [3.05, 3.63) is 34.9 Å². The highest BCUT2D eigenvalue weighted by atomic mass is 35.5. The first-order valence-electron chi connectivity index (χ1n) is 5.54. The zero-order valence-corrected chi connectivity index (χ0v) is 10.5. The number of hydrogen-bond donors (Lipinski definition) is 0. The predicted octanol–water partition coefficient (Wildman–Crippen LogP) is 3.64. The predicted molar refractivity (Wildman–Crippen MR) is 67.3 cm³/mol. The third-order valence-electron chi connectivity index (χ3n) is 2.59. The lowest BCUT2D eigenvalue weighted by Gasteiger charge is -2.22. The van der Waals surface area contributed by atoms with Gasteiger partial charge >= 0.3 is 0 Å². The van der Waals surface area contributed by atoms with Gasteiger partial charge in [-0.1, -0.05) is 37.1 Å². The Bertz CT molecular complexity index is 370. The Balaban J connectivity index is 2.78. The van der Waals surface area contributed by atoms with E-state index in [2.05, 4.69) is 17.9 Å². The molecule has 0 aliphatic heterocycles. The standard InChI is InChI=1S/C13H17ClN2/c1-3-4-8-16(2)13(10-15)11-6-5-7-12(14)9-11/h5-7,9,13H,3-4,8H2,1-2H3. The molecule has 0 radical (unpaired) electrons. The summed E-state index contributed by atoms with van der Waals surface area (Å²) in [4.78, 5) is 2.06. The van der Waals surface area contributed by atoms with Gasteiger partial charge in [-0.05, 0) is 37.7 Å². The van der Waals surface area contributed by atoms with Crippen LogP contribution in [0.1, 0.15) is 31.4 Å². The molecule has 1 atom stereocenters. The van der Waals surface area contributed by atoms with E-state index >= 15 is 0 Å². The van der Waals surface area contributed by atoms with Gasteiger partial charge in [-0.3, -0.25) is 4.90 Å². The zero-order valence-electron chi connectivity index (χ0n) is 9.78. The molecule has 0 amide bonds. The first-order valence-corrected chi connectivity index (χ1v) is 5.92. The molecule has 16 heavy (non-hydrogen) atoms. The summed E-state index contributed by atoms with van der Waals surface area (Å²) in [5.74, 6) is 0. The van der Waals surface area contributed by atoms with Crippen LogP contribution < -0.4 is 0 Å². The monoisotopic (exact) mass is 236 g/mol. The van der Waals surface area contributed by atoms with Crippen molar-refractivity contribution in [3.63, 3.8) is 0 Å². The highest BCUT2D eigenvalue weighted by Gasteiger charge is 2.15. The molecule has 0 heterocycles. The van der Waals surface area contributed by atoms with Gasteiger partial charge in [0.15, 0.2) is 0 Å². The summed E-state index contributed by atoms with van der Waals surface area (Å²) in [6.45, 7) is 3.08. The van der Waals surface area contributed by atoms with Crippen LogP contribution in [0.5, 0.6) is 0 Å². The van der Waals surface area contributed by atoms with E-state index in [4.69, 9.17) is 11.6 Å². The summed E-state index contributed by atoms with van der Waals surface area (Å²) in [5.41, 5.74) is 0.966. The van der Waals surface area contributed by atoms with Gasteiger partial charge in [0.25, 0.3) is 0 Å². The van der Waals surface area contributed by atoms with Crippen molar-refractivity contribution >= 4 is 11.6 Å². The molecule has 1 rings (SSSR count). The number of nitrogens with zero attached hydrogens (tertiary/aromatic N) is 2. The number of rotatable bonds is 5. The second-order valence-electron chi connectivity index (χ2n) is 3.92. The first kappa shape index (κ1) is 13.0. The summed E-state index contributed by atoms with van der Waals surface area (Å²) in [6, 6.07) is 9.63. The van der Waals surface area contributed by atoms with Gasteiger partial charge in [-0.15, -0.1) is 0 Å². The Morgan fingerprint density at radius 1 is 1.50 bits per heavy atom. The van der Waals surface area contributed by atoms with E-state index < -0.39 is 0 Å². The van der Waals surface area contributed by atoms with Crippen LogP contribution in [-0.2, 0) is 0 Å². The average Bonchev–Trinajstić information content (AvgIpc) is 2.27. The van der Waals surface area contributed by atoms with Gasteiger partial charge in [0, 0.05) is 5.02 Å². The minimum Gasteiger partial charge on any atom is -0.287 e. The Hall–Kier alpha value is -1.04. The SMILES string of the molecule is CCCCN(C)C(C#N)c1cccc(Cl)c1. The smallest absolute Gasteiger partial charge is 0.123 e. The number of nitriles is 1. The highest BCUT2D eigenvalue weighted by molar-refractivity contribution is 6.30. The largest absolute Gasteiger partial charge is 0.287 e. The summed E-state index contributed by atoms with van der Waals surface area (Å²) >= 11 is 5.93. The molecule has 0 aromatic heterocycles. The van der Waals surface area contributed by atoms with Crippen molar-refractivity contribution in [2.75, 3.05) is 13.6 Å². The van der Waals surface area contributed by atoms with Crippen LogP contribution in [0, 0.1) is 11.3 Å². The second kappa shape index (κ2) is 6.52. The lowest BCUT2D eigenvalue weighted by atomic mass is 10.1. The Morgan fingerprint density at radius 2 is 2.25 bits per heavy atom. The maximum atomic E-state index is 9.21. The molecule has 0 N–H and O–H groups in total. The second-order valence-corrected chi connectivity index (χ2v) is 4.36. The summed E-state index contributed by atoms with van der Waals surface area (Å²) < 4.78 is 0. The molecule has 0 spiro atoms. The Labute approximate surface area is 102 Å². The summed E-state index contributed by atoms with van der Waals surface area (Å²) in [6.07, 6.45) is 2.24. The van der Waals surface area contributed by atoms with Crippen LogP contribution >= 0.6 is 11.6 Å². The van der Waals surface area contributed by atoms with Crippen LogP contribution in [0.4, 0.5) is 0 Å². The lowest BCUT2D eigenvalue weighted by molar-refractivity contribution is 0.287.